The molecule has 0 aliphatic carbocycles. The van der Waals surface area contributed by atoms with Crippen molar-refractivity contribution in [1.82, 2.24) is 9.62 Å². The average Bonchev–Trinajstić information content (AvgIpc) is 2.88. The van der Waals surface area contributed by atoms with Crippen LogP contribution in [0.4, 0.5) is 5.69 Å². The van der Waals surface area contributed by atoms with Crippen LogP contribution in [0, 0.1) is 13.8 Å². The summed E-state index contributed by atoms with van der Waals surface area (Å²) in [5.74, 6) is -0.325. The van der Waals surface area contributed by atoms with E-state index >= 15 is 0 Å². The number of benzene rings is 3. The summed E-state index contributed by atoms with van der Waals surface area (Å²) in [6, 6.07) is 20.7. The summed E-state index contributed by atoms with van der Waals surface area (Å²) in [6.07, 6.45) is 0. The fourth-order valence-corrected chi connectivity index (χ4v) is 5.44. The van der Waals surface area contributed by atoms with Crippen LogP contribution < -0.4 is 10.6 Å². The number of carbonyl (C=O) groups is 1. The van der Waals surface area contributed by atoms with E-state index in [1.165, 1.54) is 10.4 Å². The second-order valence-corrected chi connectivity index (χ2v) is 10.6. The molecule has 1 heterocycles. The number of hydrogen-bond acceptors (Lipinski definition) is 5. The zero-order chi connectivity index (χ0) is 24.8. The number of morpholine rings is 1. The van der Waals surface area contributed by atoms with Crippen molar-refractivity contribution in [2.75, 3.05) is 31.6 Å². The van der Waals surface area contributed by atoms with Crippen molar-refractivity contribution in [1.29, 1.82) is 0 Å². The first-order chi connectivity index (χ1) is 16.8. The topological polar surface area (TPSA) is 87.7 Å². The minimum atomic E-state index is -3.82. The van der Waals surface area contributed by atoms with Crippen LogP contribution in [0.5, 0.6) is 0 Å². The predicted molar refractivity (Wildman–Crippen MR) is 137 cm³/mol. The van der Waals surface area contributed by atoms with Gasteiger partial charge in [0.05, 0.1) is 18.9 Å². The third-order valence-corrected chi connectivity index (χ3v) is 7.95. The van der Waals surface area contributed by atoms with E-state index in [2.05, 4.69) is 10.6 Å². The van der Waals surface area contributed by atoms with E-state index < -0.39 is 10.0 Å². The molecule has 4 rings (SSSR count). The van der Waals surface area contributed by atoms with Crippen molar-refractivity contribution in [3.05, 3.63) is 94.5 Å². The van der Waals surface area contributed by atoms with Gasteiger partial charge in [0.25, 0.3) is 5.91 Å². The van der Waals surface area contributed by atoms with Gasteiger partial charge < -0.3 is 15.4 Å². The molecule has 2 N–H and O–H groups in total. The maximum atomic E-state index is 13.5. The molecule has 1 amide bonds. The van der Waals surface area contributed by atoms with Gasteiger partial charge in [-0.25, -0.2) is 8.42 Å². The van der Waals surface area contributed by atoms with Crippen molar-refractivity contribution in [3.63, 3.8) is 0 Å². The Kier molecular flexibility index (Phi) is 7.85. The summed E-state index contributed by atoms with van der Waals surface area (Å²) in [5.41, 5.74) is 5.07. The van der Waals surface area contributed by atoms with Crippen LogP contribution >= 0.6 is 0 Å². The van der Waals surface area contributed by atoms with Crippen LogP contribution in [0.25, 0.3) is 0 Å². The molecule has 0 aromatic heterocycles. The quantitative estimate of drug-likeness (QED) is 0.498. The summed E-state index contributed by atoms with van der Waals surface area (Å²) in [5, 5.41) is 6.14. The second kappa shape index (κ2) is 11.0. The molecule has 35 heavy (non-hydrogen) atoms. The summed E-state index contributed by atoms with van der Waals surface area (Å²) in [7, 11) is -3.82. The standard InChI is InChI=1S/C27H31N3O4S/c1-20-3-7-22(8-4-20)18-28-25-12-11-24(27(31)29-19-23-9-5-21(2)6-10-23)17-26(25)35(32,33)30-13-15-34-16-14-30/h3-12,17,28H,13-16,18-19H2,1-2H3,(H,29,31). The van der Waals surface area contributed by atoms with Crippen LogP contribution in [0.15, 0.2) is 71.6 Å². The molecule has 0 unspecified atom stereocenters. The number of sulfonamides is 1. The number of amides is 1. The first-order valence-corrected chi connectivity index (χ1v) is 13.1. The van der Waals surface area contributed by atoms with Crippen molar-refractivity contribution in [2.24, 2.45) is 0 Å². The van der Waals surface area contributed by atoms with Gasteiger partial charge in [-0.15, -0.1) is 0 Å². The molecule has 184 valence electrons. The minimum Gasteiger partial charge on any atom is -0.380 e. The largest absolute Gasteiger partial charge is 0.380 e. The summed E-state index contributed by atoms with van der Waals surface area (Å²) in [4.78, 5) is 13.0. The third kappa shape index (κ3) is 6.28. The van der Waals surface area contributed by atoms with Gasteiger partial charge in [-0.05, 0) is 43.2 Å². The summed E-state index contributed by atoms with van der Waals surface area (Å²) < 4.78 is 33.8. The molecule has 0 saturated carbocycles. The fourth-order valence-electron chi connectivity index (χ4n) is 3.84. The molecule has 0 spiro atoms. The van der Waals surface area contributed by atoms with Gasteiger partial charge in [0.15, 0.2) is 0 Å². The molecule has 1 fully saturated rings. The molecule has 8 heteroatoms. The van der Waals surface area contributed by atoms with Gasteiger partial charge in [-0.1, -0.05) is 59.7 Å². The maximum absolute atomic E-state index is 13.5. The van der Waals surface area contributed by atoms with Crippen molar-refractivity contribution in [3.8, 4) is 0 Å². The lowest BCUT2D eigenvalue weighted by atomic mass is 10.1. The molecule has 7 nitrogen and oxygen atoms in total. The summed E-state index contributed by atoms with van der Waals surface area (Å²) >= 11 is 0. The lowest BCUT2D eigenvalue weighted by Gasteiger charge is -2.27. The lowest BCUT2D eigenvalue weighted by Crippen LogP contribution is -2.41. The molecule has 1 aliphatic rings. The molecule has 0 atom stereocenters. The number of ether oxygens (including phenoxy) is 1. The van der Waals surface area contributed by atoms with Gasteiger partial charge in [0, 0.05) is 31.7 Å². The highest BCUT2D eigenvalue weighted by atomic mass is 32.2. The van der Waals surface area contributed by atoms with Gasteiger partial charge in [0.1, 0.15) is 4.90 Å². The van der Waals surface area contributed by atoms with Gasteiger partial charge in [0.2, 0.25) is 10.0 Å². The normalized spacial score (nSPS) is 14.5. The van der Waals surface area contributed by atoms with E-state index in [4.69, 9.17) is 4.74 Å². The number of rotatable bonds is 8. The Balaban J connectivity index is 1.58. The molecule has 0 bridgehead atoms. The average molecular weight is 494 g/mol. The molecule has 1 saturated heterocycles. The molecular weight excluding hydrogens is 462 g/mol. The van der Waals surface area contributed by atoms with Crippen molar-refractivity contribution >= 4 is 21.6 Å². The first-order valence-electron chi connectivity index (χ1n) is 11.7. The van der Waals surface area contributed by atoms with Crippen LogP contribution in [-0.4, -0.2) is 44.9 Å². The predicted octanol–water partition coefficient (Wildman–Crippen LogP) is 3.87. The highest BCUT2D eigenvalue weighted by molar-refractivity contribution is 7.89. The number of aryl methyl sites for hydroxylation is 2. The lowest BCUT2D eigenvalue weighted by molar-refractivity contribution is 0.0730. The van der Waals surface area contributed by atoms with Gasteiger partial charge >= 0.3 is 0 Å². The van der Waals surface area contributed by atoms with E-state index in [0.29, 0.717) is 37.6 Å². The van der Waals surface area contributed by atoms with E-state index in [-0.39, 0.29) is 23.9 Å². The first kappa shape index (κ1) is 24.9. The molecular formula is C27H31N3O4S. The Hall–Kier alpha value is -3.20. The molecule has 1 aliphatic heterocycles. The highest BCUT2D eigenvalue weighted by Crippen LogP contribution is 2.27. The number of hydrogen-bond donors (Lipinski definition) is 2. The molecule has 0 radical (unpaired) electrons. The number of nitrogens with zero attached hydrogens (tertiary/aromatic N) is 1. The number of nitrogens with one attached hydrogen (secondary N) is 2. The van der Waals surface area contributed by atoms with Crippen LogP contribution in [0.1, 0.15) is 32.6 Å². The Labute approximate surface area is 207 Å². The van der Waals surface area contributed by atoms with Gasteiger partial charge in [-0.3, -0.25) is 4.79 Å². The smallest absolute Gasteiger partial charge is 0.251 e. The van der Waals surface area contributed by atoms with Crippen molar-refractivity contribution in [2.45, 2.75) is 31.8 Å². The molecule has 3 aromatic carbocycles. The van der Waals surface area contributed by atoms with Gasteiger partial charge in [-0.2, -0.15) is 4.31 Å². The number of carbonyl (C=O) groups excluding carboxylic acids is 1. The van der Waals surface area contributed by atoms with Crippen LogP contribution in [0.2, 0.25) is 0 Å². The van der Waals surface area contributed by atoms with E-state index in [9.17, 15) is 13.2 Å². The molecule has 3 aromatic rings. The Morgan fingerprint density at radius 1 is 0.857 bits per heavy atom. The van der Waals surface area contributed by atoms with E-state index in [1.807, 2.05) is 62.4 Å². The zero-order valence-electron chi connectivity index (χ0n) is 20.1. The second-order valence-electron chi connectivity index (χ2n) is 8.73. The van der Waals surface area contributed by atoms with Crippen molar-refractivity contribution < 1.29 is 17.9 Å². The zero-order valence-corrected chi connectivity index (χ0v) is 20.9. The van der Waals surface area contributed by atoms with E-state index in [0.717, 1.165) is 22.3 Å². The third-order valence-electron chi connectivity index (χ3n) is 6.01. The Bertz CT molecular complexity index is 1270. The van der Waals surface area contributed by atoms with Crippen LogP contribution in [0.3, 0.4) is 0 Å². The van der Waals surface area contributed by atoms with E-state index in [1.54, 1.807) is 12.1 Å². The highest BCUT2D eigenvalue weighted by Gasteiger charge is 2.29. The minimum absolute atomic E-state index is 0.0921. The van der Waals surface area contributed by atoms with Crippen LogP contribution in [-0.2, 0) is 27.8 Å². The monoisotopic (exact) mass is 493 g/mol. The Morgan fingerprint density at radius 2 is 1.43 bits per heavy atom. The maximum Gasteiger partial charge on any atom is 0.251 e. The SMILES string of the molecule is Cc1ccc(CNC(=O)c2ccc(NCc3ccc(C)cc3)c(S(=O)(=O)N3CCOCC3)c2)cc1. The summed E-state index contributed by atoms with van der Waals surface area (Å²) in [6.45, 7) is 6.11. The number of anilines is 1. The fraction of sp³-hybridized carbons (Fsp3) is 0.296. The Morgan fingerprint density at radius 3 is 2.03 bits per heavy atom.